The topological polar surface area (TPSA) is 63.2 Å². The van der Waals surface area contributed by atoms with Crippen molar-refractivity contribution in [1.29, 1.82) is 0 Å². The monoisotopic (exact) mass is 421 g/mol. The van der Waals surface area contributed by atoms with Gasteiger partial charge in [-0.05, 0) is 47.7 Å². The Bertz CT molecular complexity index is 814. The highest BCUT2D eigenvalue weighted by molar-refractivity contribution is 5.88. The summed E-state index contributed by atoms with van der Waals surface area (Å²) < 4.78 is 5.26. The number of nitrogens with one attached hydrogen (secondary N) is 2. The molecule has 1 amide bonds. The molecule has 0 aliphatic heterocycles. The van der Waals surface area contributed by atoms with Crippen LogP contribution < -0.4 is 15.4 Å². The van der Waals surface area contributed by atoms with Crippen molar-refractivity contribution in [2.45, 2.75) is 45.6 Å². The molecule has 1 aromatic heterocycles. The third kappa shape index (κ3) is 10.1. The zero-order valence-electron chi connectivity index (χ0n) is 18.8. The predicted molar refractivity (Wildman–Crippen MR) is 128 cm³/mol. The first-order valence-electron chi connectivity index (χ1n) is 11.1. The summed E-state index contributed by atoms with van der Waals surface area (Å²) in [4.78, 5) is 16.2. The Kier molecular flexibility index (Phi) is 11.8. The zero-order chi connectivity index (χ0) is 22.2. The Morgan fingerprint density at radius 1 is 1.10 bits per heavy atom. The van der Waals surface area contributed by atoms with Crippen LogP contribution in [0.3, 0.4) is 0 Å². The second-order valence-electron chi connectivity index (χ2n) is 7.42. The smallest absolute Gasteiger partial charge is 0.244 e. The molecule has 2 rings (SSSR count). The minimum absolute atomic E-state index is 0.0838. The van der Waals surface area contributed by atoms with E-state index in [1.807, 2.05) is 42.6 Å². The minimum Gasteiger partial charge on any atom is -0.497 e. The average molecular weight is 422 g/mol. The van der Waals surface area contributed by atoms with Crippen molar-refractivity contribution in [3.8, 4) is 5.75 Å². The van der Waals surface area contributed by atoms with Crippen molar-refractivity contribution in [2.24, 2.45) is 0 Å². The molecule has 0 atom stereocenters. The number of methoxy groups -OCH3 is 1. The van der Waals surface area contributed by atoms with Gasteiger partial charge >= 0.3 is 0 Å². The Labute approximate surface area is 186 Å². The minimum atomic E-state index is -0.0838. The highest BCUT2D eigenvalue weighted by atomic mass is 16.5. The fraction of sp³-hybridized carbons (Fsp3) is 0.385. The number of hydrogen-bond acceptors (Lipinski definition) is 4. The molecule has 1 heterocycles. The highest BCUT2D eigenvalue weighted by Crippen LogP contribution is 2.24. The van der Waals surface area contributed by atoms with Gasteiger partial charge in [0, 0.05) is 38.1 Å². The third-order valence-electron chi connectivity index (χ3n) is 4.96. The number of amides is 1. The normalized spacial score (nSPS) is 11.6. The Balaban J connectivity index is 1.81. The number of allylic oxidation sites excluding steroid dienone is 3. The molecule has 0 aliphatic carbocycles. The van der Waals surface area contributed by atoms with E-state index in [9.17, 15) is 4.79 Å². The van der Waals surface area contributed by atoms with Crippen molar-refractivity contribution in [2.75, 3.05) is 20.2 Å². The van der Waals surface area contributed by atoms with E-state index < -0.39 is 0 Å². The van der Waals surface area contributed by atoms with Gasteiger partial charge in [-0.15, -0.1) is 0 Å². The van der Waals surface area contributed by atoms with Crippen LogP contribution in [0.1, 0.15) is 50.2 Å². The number of ether oxygens (including phenoxy) is 1. The number of hydrogen-bond donors (Lipinski definition) is 2. The van der Waals surface area contributed by atoms with Crippen molar-refractivity contribution in [1.82, 2.24) is 15.6 Å². The van der Waals surface area contributed by atoms with Crippen LogP contribution in [0.2, 0.25) is 0 Å². The van der Waals surface area contributed by atoms with E-state index in [1.54, 1.807) is 19.4 Å². The molecule has 0 saturated heterocycles. The first-order valence-corrected chi connectivity index (χ1v) is 11.1. The molecule has 166 valence electrons. The summed E-state index contributed by atoms with van der Waals surface area (Å²) in [6.07, 6.45) is 14.9. The van der Waals surface area contributed by atoms with E-state index in [0.29, 0.717) is 13.1 Å². The van der Waals surface area contributed by atoms with Crippen LogP contribution in [0.4, 0.5) is 0 Å². The first-order chi connectivity index (χ1) is 15.2. The summed E-state index contributed by atoms with van der Waals surface area (Å²) in [5.41, 5.74) is 3.53. The first kappa shape index (κ1) is 24.4. The van der Waals surface area contributed by atoms with Gasteiger partial charge in [-0.25, -0.2) is 0 Å². The number of unbranched alkanes of at least 4 members (excludes halogenated alkanes) is 3. The van der Waals surface area contributed by atoms with Crippen molar-refractivity contribution < 1.29 is 9.53 Å². The van der Waals surface area contributed by atoms with Crippen molar-refractivity contribution >= 4 is 11.5 Å². The van der Waals surface area contributed by atoms with Gasteiger partial charge in [0.1, 0.15) is 5.75 Å². The molecule has 0 aliphatic rings. The van der Waals surface area contributed by atoms with E-state index in [-0.39, 0.29) is 5.91 Å². The molecule has 0 unspecified atom stereocenters. The molecule has 5 nitrogen and oxygen atoms in total. The van der Waals surface area contributed by atoms with Gasteiger partial charge < -0.3 is 15.4 Å². The summed E-state index contributed by atoms with van der Waals surface area (Å²) >= 11 is 0. The molecule has 0 bridgehead atoms. The number of carbonyl (C=O) groups excluding carboxylic acids is 1. The van der Waals surface area contributed by atoms with Gasteiger partial charge in [-0.1, -0.05) is 56.5 Å². The molecular formula is C26H35N3O2. The predicted octanol–water partition coefficient (Wildman–Crippen LogP) is 4.91. The Hall–Kier alpha value is -2.92. The molecule has 0 spiro atoms. The van der Waals surface area contributed by atoms with E-state index in [2.05, 4.69) is 34.7 Å². The summed E-state index contributed by atoms with van der Waals surface area (Å²) in [5, 5.41) is 6.20. The second kappa shape index (κ2) is 15.0. The summed E-state index contributed by atoms with van der Waals surface area (Å²) in [6.45, 7) is 4.25. The van der Waals surface area contributed by atoms with Crippen LogP contribution in [-0.4, -0.2) is 31.1 Å². The van der Waals surface area contributed by atoms with E-state index in [0.717, 1.165) is 30.7 Å². The fourth-order valence-electron chi connectivity index (χ4n) is 3.19. The van der Waals surface area contributed by atoms with Gasteiger partial charge in [0.15, 0.2) is 0 Å². The van der Waals surface area contributed by atoms with Crippen LogP contribution in [0, 0.1) is 0 Å². The van der Waals surface area contributed by atoms with Crippen molar-refractivity contribution in [3.63, 3.8) is 0 Å². The number of pyridine rings is 1. The van der Waals surface area contributed by atoms with Crippen LogP contribution in [0.25, 0.3) is 5.57 Å². The van der Waals surface area contributed by atoms with E-state index in [1.165, 1.54) is 30.4 Å². The maximum Gasteiger partial charge on any atom is 0.244 e. The van der Waals surface area contributed by atoms with Gasteiger partial charge in [-0.2, -0.15) is 0 Å². The number of nitrogens with zero attached hydrogens (tertiary/aromatic N) is 1. The highest BCUT2D eigenvalue weighted by Gasteiger charge is 2.02. The lowest BCUT2D eigenvalue weighted by molar-refractivity contribution is -0.116. The number of carbonyl (C=O) groups is 1. The Morgan fingerprint density at radius 3 is 2.65 bits per heavy atom. The second-order valence-corrected chi connectivity index (χ2v) is 7.42. The lowest BCUT2D eigenvalue weighted by atomic mass is 9.98. The van der Waals surface area contributed by atoms with Gasteiger partial charge in [0.2, 0.25) is 5.91 Å². The third-order valence-corrected chi connectivity index (χ3v) is 4.96. The van der Waals surface area contributed by atoms with Gasteiger partial charge in [0.05, 0.1) is 7.11 Å². The van der Waals surface area contributed by atoms with Crippen LogP contribution >= 0.6 is 0 Å². The maximum absolute atomic E-state index is 12.1. The molecule has 2 aromatic rings. The quantitative estimate of drug-likeness (QED) is 0.259. The molecule has 0 fully saturated rings. The van der Waals surface area contributed by atoms with Crippen molar-refractivity contribution in [3.05, 3.63) is 78.1 Å². The average Bonchev–Trinajstić information content (AvgIpc) is 2.81. The number of aromatic nitrogens is 1. The Morgan fingerprint density at radius 2 is 1.94 bits per heavy atom. The molecule has 0 saturated carbocycles. The standard InChI is InChI=1S/C26H35N3O2/c1-3-4-5-6-10-23(24-13-15-25(31-2)16-14-24)11-7-12-26(30)29-19-18-28-21-22-9-8-17-27-20-22/h7-9,11-17,20,28H,3-6,10,18-19,21H2,1-2H3,(H,29,30). The summed E-state index contributed by atoms with van der Waals surface area (Å²) in [6, 6.07) is 12.0. The molecule has 0 radical (unpaired) electrons. The molecule has 31 heavy (non-hydrogen) atoms. The largest absolute Gasteiger partial charge is 0.497 e. The summed E-state index contributed by atoms with van der Waals surface area (Å²) in [5.74, 6) is 0.764. The number of rotatable bonds is 14. The lowest BCUT2D eigenvalue weighted by Gasteiger charge is -2.08. The SMILES string of the molecule is CCCCCCC(=CC=CC(=O)NCCNCc1cccnc1)c1ccc(OC)cc1. The fourth-order valence-corrected chi connectivity index (χ4v) is 3.19. The maximum atomic E-state index is 12.1. The molecule has 5 heteroatoms. The van der Waals surface area contributed by atoms with Gasteiger partial charge in [-0.3, -0.25) is 9.78 Å². The van der Waals surface area contributed by atoms with Crippen LogP contribution in [-0.2, 0) is 11.3 Å². The molecular weight excluding hydrogens is 386 g/mol. The lowest BCUT2D eigenvalue weighted by Crippen LogP contribution is -2.30. The summed E-state index contributed by atoms with van der Waals surface area (Å²) in [7, 11) is 1.67. The van der Waals surface area contributed by atoms with E-state index in [4.69, 9.17) is 4.74 Å². The zero-order valence-corrected chi connectivity index (χ0v) is 18.8. The molecule has 2 N–H and O–H groups in total. The van der Waals surface area contributed by atoms with Gasteiger partial charge in [0.25, 0.3) is 0 Å². The number of benzene rings is 1. The van der Waals surface area contributed by atoms with Crippen LogP contribution in [0.15, 0.2) is 67.0 Å². The van der Waals surface area contributed by atoms with E-state index >= 15 is 0 Å². The molecule has 1 aromatic carbocycles. The van der Waals surface area contributed by atoms with Crippen LogP contribution in [0.5, 0.6) is 5.75 Å².